The number of nitrogens with two attached hydrogens (primary N) is 1. The minimum absolute atomic E-state index is 0.0372. The number of carbonyl (C=O) groups is 1. The Morgan fingerprint density at radius 1 is 1.32 bits per heavy atom. The van der Waals surface area contributed by atoms with Crippen molar-refractivity contribution in [2.45, 2.75) is 24.6 Å². The summed E-state index contributed by atoms with van der Waals surface area (Å²) in [4.78, 5) is 23.3. The second-order valence-electron chi connectivity index (χ2n) is 6.22. The standard InChI is InChI=1S/C19H15F3N4OS/c1-24-14-5-6-15(25-11-14)16(27)10-12-3-2-4-13(9-12)18(19(20,21)22)7-8-28-17(23)26-18/h2-6,9,11H,7-8,10H2,(H2,23,26). The number of halogens is 3. The largest absolute Gasteiger partial charge is 0.417 e. The number of pyridine rings is 1. The van der Waals surface area contributed by atoms with E-state index in [1.165, 1.54) is 36.5 Å². The minimum atomic E-state index is -4.61. The molecule has 1 aromatic carbocycles. The minimum Gasteiger partial charge on any atom is -0.379 e. The molecule has 0 spiro atoms. The number of amidine groups is 1. The SMILES string of the molecule is [C-]#[N+]c1ccc(C(=O)Cc2cccc(C3(C(F)(F)F)CCSC(N)=N3)c2)nc1. The van der Waals surface area contributed by atoms with Crippen molar-refractivity contribution in [3.63, 3.8) is 0 Å². The van der Waals surface area contributed by atoms with E-state index in [2.05, 4.69) is 14.8 Å². The zero-order chi connectivity index (χ0) is 20.4. The van der Waals surface area contributed by atoms with Crippen molar-refractivity contribution in [3.8, 4) is 0 Å². The molecule has 0 bridgehead atoms. The van der Waals surface area contributed by atoms with Gasteiger partial charge in [-0.25, -0.2) is 9.84 Å². The van der Waals surface area contributed by atoms with Crippen LogP contribution in [0.3, 0.4) is 0 Å². The third-order valence-corrected chi connectivity index (χ3v) is 5.21. The van der Waals surface area contributed by atoms with Crippen molar-refractivity contribution in [1.82, 2.24) is 4.98 Å². The second kappa shape index (κ2) is 7.64. The zero-order valence-corrected chi connectivity index (χ0v) is 15.3. The average molecular weight is 404 g/mol. The lowest BCUT2D eigenvalue weighted by molar-refractivity contribution is -0.189. The predicted molar refractivity (Wildman–Crippen MR) is 101 cm³/mol. The molecule has 2 aromatic rings. The highest BCUT2D eigenvalue weighted by molar-refractivity contribution is 8.13. The highest BCUT2D eigenvalue weighted by Crippen LogP contribution is 2.48. The summed E-state index contributed by atoms with van der Waals surface area (Å²) in [6.07, 6.45) is -3.66. The predicted octanol–water partition coefficient (Wildman–Crippen LogP) is 4.27. The van der Waals surface area contributed by atoms with Gasteiger partial charge in [0.1, 0.15) is 5.69 Å². The lowest BCUT2D eigenvalue weighted by Crippen LogP contribution is -2.44. The van der Waals surface area contributed by atoms with Crippen LogP contribution in [-0.2, 0) is 12.0 Å². The van der Waals surface area contributed by atoms with Crippen LogP contribution in [0, 0.1) is 6.57 Å². The number of carbonyl (C=O) groups excluding carboxylic acids is 1. The van der Waals surface area contributed by atoms with Crippen LogP contribution in [0.2, 0.25) is 0 Å². The van der Waals surface area contributed by atoms with Gasteiger partial charge in [-0.15, -0.1) is 0 Å². The molecule has 2 N–H and O–H groups in total. The van der Waals surface area contributed by atoms with E-state index in [-0.39, 0.29) is 40.8 Å². The Bertz CT molecular complexity index is 966. The summed E-state index contributed by atoms with van der Waals surface area (Å²) in [5, 5.41) is -0.103. The first kappa shape index (κ1) is 19.9. The van der Waals surface area contributed by atoms with Crippen LogP contribution in [0.25, 0.3) is 4.85 Å². The summed E-state index contributed by atoms with van der Waals surface area (Å²) in [5.41, 5.74) is 4.03. The number of thioether (sulfide) groups is 1. The van der Waals surface area contributed by atoms with E-state index in [1.54, 1.807) is 6.07 Å². The van der Waals surface area contributed by atoms with Gasteiger partial charge in [-0.05, 0) is 23.6 Å². The zero-order valence-electron chi connectivity index (χ0n) is 14.5. The van der Waals surface area contributed by atoms with Crippen LogP contribution in [0.15, 0.2) is 47.6 Å². The van der Waals surface area contributed by atoms with Gasteiger partial charge in [0.05, 0.1) is 6.57 Å². The summed E-state index contributed by atoms with van der Waals surface area (Å²) in [6.45, 7) is 6.89. The van der Waals surface area contributed by atoms with Crippen molar-refractivity contribution in [2.75, 3.05) is 5.75 Å². The molecule has 1 aromatic heterocycles. The van der Waals surface area contributed by atoms with Crippen LogP contribution >= 0.6 is 11.8 Å². The van der Waals surface area contributed by atoms with Gasteiger partial charge in [0.2, 0.25) is 5.69 Å². The third kappa shape index (κ3) is 3.87. The molecule has 144 valence electrons. The molecule has 28 heavy (non-hydrogen) atoms. The molecule has 1 aliphatic heterocycles. The number of alkyl halides is 3. The summed E-state index contributed by atoms with van der Waals surface area (Å²) in [6, 6.07) is 8.68. The van der Waals surface area contributed by atoms with E-state index < -0.39 is 11.7 Å². The van der Waals surface area contributed by atoms with Gasteiger partial charge in [-0.3, -0.25) is 9.78 Å². The maximum atomic E-state index is 13.9. The molecule has 0 aliphatic carbocycles. The smallest absolute Gasteiger partial charge is 0.379 e. The quantitative estimate of drug-likeness (QED) is 0.610. The van der Waals surface area contributed by atoms with Gasteiger partial charge >= 0.3 is 6.18 Å². The first-order valence-electron chi connectivity index (χ1n) is 8.26. The van der Waals surface area contributed by atoms with E-state index in [0.717, 1.165) is 11.8 Å². The van der Waals surface area contributed by atoms with Crippen LogP contribution in [0.5, 0.6) is 0 Å². The molecule has 1 aliphatic rings. The molecule has 3 rings (SSSR count). The van der Waals surface area contributed by atoms with Gasteiger partial charge in [0, 0.05) is 18.4 Å². The topological polar surface area (TPSA) is 72.7 Å². The monoisotopic (exact) mass is 404 g/mol. The number of nitrogens with zero attached hydrogens (tertiary/aromatic N) is 3. The van der Waals surface area contributed by atoms with Crippen LogP contribution in [-0.4, -0.2) is 27.9 Å². The van der Waals surface area contributed by atoms with Gasteiger partial charge < -0.3 is 5.73 Å². The molecule has 0 saturated carbocycles. The maximum absolute atomic E-state index is 13.9. The number of hydrogen-bond acceptors (Lipinski definition) is 5. The van der Waals surface area contributed by atoms with Gasteiger partial charge in [0.25, 0.3) is 0 Å². The number of rotatable bonds is 4. The molecule has 0 fully saturated rings. The molecule has 9 heteroatoms. The van der Waals surface area contributed by atoms with Gasteiger partial charge in [0.15, 0.2) is 16.5 Å². The fourth-order valence-corrected chi connectivity index (χ4v) is 3.82. The number of hydrogen-bond donors (Lipinski definition) is 1. The van der Waals surface area contributed by atoms with Crippen molar-refractivity contribution >= 4 is 28.4 Å². The van der Waals surface area contributed by atoms with Crippen molar-refractivity contribution in [2.24, 2.45) is 10.7 Å². The van der Waals surface area contributed by atoms with Crippen LogP contribution < -0.4 is 5.73 Å². The normalized spacial score (nSPS) is 19.6. The number of aliphatic imine (C=N–C) groups is 1. The third-order valence-electron chi connectivity index (χ3n) is 4.42. The number of Topliss-reactive ketones (excluding diaryl/α,β-unsaturated/α-hetero) is 1. The number of aromatic nitrogens is 1. The lowest BCUT2D eigenvalue weighted by Gasteiger charge is -2.35. The van der Waals surface area contributed by atoms with Crippen LogP contribution in [0.1, 0.15) is 28.0 Å². The van der Waals surface area contributed by atoms with E-state index >= 15 is 0 Å². The number of benzene rings is 1. The Balaban J connectivity index is 1.92. The average Bonchev–Trinajstić information content (AvgIpc) is 2.67. The molecule has 2 heterocycles. The molecule has 0 amide bonds. The number of ketones is 1. The van der Waals surface area contributed by atoms with E-state index in [4.69, 9.17) is 12.3 Å². The summed E-state index contributed by atoms with van der Waals surface area (Å²) in [7, 11) is 0. The highest BCUT2D eigenvalue weighted by atomic mass is 32.2. The summed E-state index contributed by atoms with van der Waals surface area (Å²) < 4.78 is 41.7. The summed E-state index contributed by atoms with van der Waals surface area (Å²) >= 11 is 1.09. The van der Waals surface area contributed by atoms with Gasteiger partial charge in [-0.2, -0.15) is 13.2 Å². The Labute approximate surface area is 163 Å². The molecular weight excluding hydrogens is 389 g/mol. The van der Waals surface area contributed by atoms with E-state index in [1.807, 2.05) is 0 Å². The molecule has 0 radical (unpaired) electrons. The molecule has 5 nitrogen and oxygen atoms in total. The molecule has 0 saturated heterocycles. The molecule has 1 unspecified atom stereocenters. The van der Waals surface area contributed by atoms with E-state index in [9.17, 15) is 18.0 Å². The van der Waals surface area contributed by atoms with Crippen LogP contribution in [0.4, 0.5) is 18.9 Å². The Morgan fingerprint density at radius 3 is 2.71 bits per heavy atom. The van der Waals surface area contributed by atoms with Crippen molar-refractivity contribution in [3.05, 3.63) is 70.8 Å². The highest BCUT2D eigenvalue weighted by Gasteiger charge is 2.57. The second-order valence-corrected chi connectivity index (χ2v) is 7.34. The fraction of sp³-hybridized carbons (Fsp3) is 0.263. The Hall–Kier alpha value is -2.86. The first-order valence-corrected chi connectivity index (χ1v) is 9.25. The summed E-state index contributed by atoms with van der Waals surface area (Å²) in [5.74, 6) is -0.146. The maximum Gasteiger partial charge on any atom is 0.417 e. The fourth-order valence-electron chi connectivity index (χ4n) is 2.99. The van der Waals surface area contributed by atoms with Crippen molar-refractivity contribution in [1.29, 1.82) is 0 Å². The molecule has 1 atom stereocenters. The van der Waals surface area contributed by atoms with Crippen molar-refractivity contribution < 1.29 is 18.0 Å². The lowest BCUT2D eigenvalue weighted by atomic mass is 9.85. The Morgan fingerprint density at radius 2 is 2.11 bits per heavy atom. The first-order chi connectivity index (χ1) is 13.2. The molecular formula is C19H15F3N4OS. The van der Waals surface area contributed by atoms with E-state index in [0.29, 0.717) is 11.3 Å². The Kier molecular flexibility index (Phi) is 5.42. The van der Waals surface area contributed by atoms with Gasteiger partial charge in [-0.1, -0.05) is 42.1 Å².